The van der Waals surface area contributed by atoms with Gasteiger partial charge in [-0.3, -0.25) is 4.98 Å². The van der Waals surface area contributed by atoms with E-state index in [-0.39, 0.29) is 25.5 Å². The van der Waals surface area contributed by atoms with Gasteiger partial charge in [-0.1, -0.05) is 150 Å². The van der Waals surface area contributed by atoms with E-state index in [4.69, 9.17) is 10.8 Å². The van der Waals surface area contributed by atoms with Crippen LogP contribution in [0.2, 0.25) is 19.6 Å². The Hall–Kier alpha value is -5.39. The van der Waals surface area contributed by atoms with Crippen LogP contribution in [0.4, 0.5) is 0 Å². The molecular weight excluding hydrogens is 903 g/mol. The number of aromatic nitrogens is 3. The van der Waals surface area contributed by atoms with E-state index < -0.39 is 14.0 Å². The van der Waals surface area contributed by atoms with E-state index >= 15 is 0 Å². The van der Waals surface area contributed by atoms with Crippen molar-refractivity contribution < 1.29 is 25.9 Å². The summed E-state index contributed by atoms with van der Waals surface area (Å²) in [5.41, 5.74) is 12.1. The maximum Gasteiger partial charge on any atom is 0.120 e. The molecule has 58 heavy (non-hydrogen) atoms. The molecule has 3 heterocycles. The van der Waals surface area contributed by atoms with E-state index in [0.717, 1.165) is 66.9 Å². The van der Waals surface area contributed by atoms with Gasteiger partial charge in [-0.2, -0.15) is 0 Å². The van der Waals surface area contributed by atoms with Crippen LogP contribution < -0.4 is 5.19 Å². The molecule has 1 radical (unpaired) electrons. The number of rotatable bonds is 6. The average Bonchev–Trinajstić information content (AvgIpc) is 3.79. The Labute approximate surface area is 358 Å². The first-order chi connectivity index (χ1) is 27.7. The molecular formula is C52H49IrN3OSi-2. The molecule has 0 aliphatic rings. The number of para-hydroxylation sites is 3. The number of pyridine rings is 1. The van der Waals surface area contributed by atoms with E-state index in [0.29, 0.717) is 0 Å². The summed E-state index contributed by atoms with van der Waals surface area (Å²) in [6.07, 6.45) is 2.00. The molecule has 0 amide bonds. The molecule has 0 aliphatic carbocycles. The monoisotopic (exact) mass is 953 g/mol. The van der Waals surface area contributed by atoms with Crippen LogP contribution in [0.3, 0.4) is 0 Å². The van der Waals surface area contributed by atoms with Gasteiger partial charge in [0.1, 0.15) is 5.58 Å². The number of hydrogen-bond donors (Lipinski definition) is 0. The summed E-state index contributed by atoms with van der Waals surface area (Å²) < 4.78 is 16.7. The van der Waals surface area contributed by atoms with Crippen LogP contribution in [-0.2, 0) is 25.5 Å². The third-order valence-electron chi connectivity index (χ3n) is 10.6. The van der Waals surface area contributed by atoms with Crippen LogP contribution in [0.15, 0.2) is 150 Å². The van der Waals surface area contributed by atoms with Gasteiger partial charge < -0.3 is 14.0 Å². The van der Waals surface area contributed by atoms with Crippen molar-refractivity contribution in [2.24, 2.45) is 0 Å². The molecule has 0 spiro atoms. The number of benzene rings is 6. The summed E-state index contributed by atoms with van der Waals surface area (Å²) in [7, 11) is -1.29. The maximum atomic E-state index is 8.01. The second-order valence-corrected chi connectivity index (χ2v) is 22.1. The normalized spacial score (nSPS) is 12.2. The van der Waals surface area contributed by atoms with E-state index in [9.17, 15) is 0 Å². The minimum absolute atomic E-state index is 0. The van der Waals surface area contributed by atoms with Crippen LogP contribution in [0.25, 0.3) is 72.4 Å². The fraction of sp³-hybridized carbons (Fsp3) is 0.192. The van der Waals surface area contributed by atoms with Gasteiger partial charge in [-0.05, 0) is 57.8 Å². The smallest absolute Gasteiger partial charge is 0.120 e. The van der Waals surface area contributed by atoms with Crippen LogP contribution in [0.1, 0.15) is 53.0 Å². The molecule has 4 nitrogen and oxygen atoms in total. The molecule has 6 aromatic carbocycles. The molecule has 9 rings (SSSR count). The standard InChI is InChI=1S/C35H27N2O.C17H22NSi.Ir/c1-35(2,3)24-20-21-30(28(22-24)23-12-5-4-6-13-23)37-31-18-9-8-17-29(31)36-34(37)27-16-11-15-26-25-14-7-10-19-32(25)38-33(26)27;1-13(2)14-6-8-15(9-7-14)17-11-10-16(12-18-17)19(3,4)5;/h4-15,17-22H,1-3H3;6-8,10-13H,1-5H3;/q2*-1;/i;13D;. The maximum absolute atomic E-state index is 8.01. The molecule has 0 aliphatic heterocycles. The second kappa shape index (κ2) is 16.5. The van der Waals surface area contributed by atoms with E-state index in [1.807, 2.05) is 68.6 Å². The first-order valence-electron chi connectivity index (χ1n) is 20.2. The largest absolute Gasteiger partial charge is 0.501 e. The molecule has 6 heteroatoms. The SMILES string of the molecule is CC(C)(C)c1ccc(-n2c(-c3[c-]ccc4c3oc3ccccc34)nc3ccccc32)c(-c2ccccc2)c1.[2H]C(C)(C)c1c[c-]c(-c2ccc([Si](C)(C)C)cn2)cc1.[Ir]. The van der Waals surface area contributed by atoms with Crippen molar-refractivity contribution in [2.75, 3.05) is 0 Å². The van der Waals surface area contributed by atoms with Gasteiger partial charge in [0.25, 0.3) is 0 Å². The first-order valence-corrected chi connectivity index (χ1v) is 23.2. The number of fused-ring (bicyclic) bond motifs is 4. The Bertz CT molecular complexity index is 2820. The fourth-order valence-electron chi connectivity index (χ4n) is 7.23. The predicted octanol–water partition coefficient (Wildman–Crippen LogP) is 13.6. The van der Waals surface area contributed by atoms with Gasteiger partial charge in [-0.25, -0.2) is 0 Å². The number of nitrogens with zero attached hydrogens (tertiary/aromatic N) is 3. The molecule has 9 aromatic rings. The summed E-state index contributed by atoms with van der Waals surface area (Å²) in [5.74, 6) is 0.237. The molecule has 0 atom stereocenters. The summed E-state index contributed by atoms with van der Waals surface area (Å²) >= 11 is 0. The van der Waals surface area contributed by atoms with Crippen LogP contribution in [0.5, 0.6) is 0 Å². The van der Waals surface area contributed by atoms with Crippen molar-refractivity contribution in [3.63, 3.8) is 0 Å². The van der Waals surface area contributed by atoms with Gasteiger partial charge in [0.05, 0.1) is 30.5 Å². The Kier molecular flexibility index (Phi) is 11.2. The Balaban J connectivity index is 0.000000214. The predicted molar refractivity (Wildman–Crippen MR) is 242 cm³/mol. The third-order valence-corrected chi connectivity index (χ3v) is 12.6. The van der Waals surface area contributed by atoms with E-state index in [1.54, 1.807) is 0 Å². The van der Waals surface area contributed by atoms with Gasteiger partial charge in [0.2, 0.25) is 0 Å². The van der Waals surface area contributed by atoms with Crippen LogP contribution in [-0.4, -0.2) is 22.6 Å². The second-order valence-electron chi connectivity index (χ2n) is 17.0. The molecule has 293 valence electrons. The number of furan rings is 1. The zero-order valence-electron chi connectivity index (χ0n) is 35.4. The summed E-state index contributed by atoms with van der Waals surface area (Å²) in [5, 5.41) is 3.53. The molecule has 0 saturated carbocycles. The van der Waals surface area contributed by atoms with E-state index in [2.05, 4.69) is 153 Å². The third kappa shape index (κ3) is 8.15. The minimum atomic E-state index is -1.29. The fourth-order valence-corrected chi connectivity index (χ4v) is 8.27. The van der Waals surface area contributed by atoms with Crippen LogP contribution in [0, 0.1) is 12.1 Å². The molecule has 0 unspecified atom stereocenters. The van der Waals surface area contributed by atoms with Crippen molar-refractivity contribution in [2.45, 2.75) is 65.6 Å². The quantitative estimate of drug-likeness (QED) is 0.123. The molecule has 0 N–H and O–H groups in total. The molecule has 0 fully saturated rings. The van der Waals surface area contributed by atoms with Crippen molar-refractivity contribution in [3.8, 4) is 39.5 Å². The zero-order chi connectivity index (χ0) is 40.8. The van der Waals surface area contributed by atoms with Crippen LogP contribution >= 0.6 is 0 Å². The van der Waals surface area contributed by atoms with Crippen molar-refractivity contribution in [1.29, 1.82) is 0 Å². The average molecular weight is 953 g/mol. The molecule has 0 saturated heterocycles. The topological polar surface area (TPSA) is 43.9 Å². The van der Waals surface area contributed by atoms with E-state index in [1.165, 1.54) is 21.9 Å². The molecule has 0 bridgehead atoms. The molecule has 3 aromatic heterocycles. The van der Waals surface area contributed by atoms with Crippen molar-refractivity contribution >= 4 is 46.2 Å². The summed E-state index contributed by atoms with van der Waals surface area (Å²) in [4.78, 5) is 9.72. The zero-order valence-corrected chi connectivity index (χ0v) is 37.8. The van der Waals surface area contributed by atoms with Crippen molar-refractivity contribution in [3.05, 3.63) is 169 Å². The Morgan fingerprint density at radius 1 is 0.776 bits per heavy atom. The number of imidazole rings is 1. The summed E-state index contributed by atoms with van der Waals surface area (Å²) in [6.45, 7) is 17.5. The van der Waals surface area contributed by atoms with Gasteiger partial charge in [0.15, 0.2) is 0 Å². The summed E-state index contributed by atoms with van der Waals surface area (Å²) in [6, 6.07) is 54.8. The first kappa shape index (κ1) is 39.4. The Morgan fingerprint density at radius 3 is 2.21 bits per heavy atom. The minimum Gasteiger partial charge on any atom is -0.501 e. The number of hydrogen-bond acceptors (Lipinski definition) is 3. The Morgan fingerprint density at radius 2 is 1.52 bits per heavy atom. The van der Waals surface area contributed by atoms with Crippen molar-refractivity contribution in [1.82, 2.24) is 14.5 Å². The van der Waals surface area contributed by atoms with Gasteiger partial charge in [-0.15, -0.1) is 53.6 Å². The van der Waals surface area contributed by atoms with Gasteiger partial charge in [0, 0.05) is 44.3 Å². The van der Waals surface area contributed by atoms with Gasteiger partial charge >= 0.3 is 0 Å².